The van der Waals surface area contributed by atoms with Crippen molar-refractivity contribution in [1.29, 1.82) is 0 Å². The Morgan fingerprint density at radius 2 is 1.87 bits per heavy atom. The topological polar surface area (TPSA) is 112 Å². The van der Waals surface area contributed by atoms with Crippen molar-refractivity contribution in [3.05, 3.63) is 95.6 Å². The van der Waals surface area contributed by atoms with Gasteiger partial charge in [-0.2, -0.15) is 5.10 Å². The SMILES string of the molecule is C[C@@H](CC1COC(c2ccc3cc(C(N)=O)ccc3c2)OC1)[C@](O)(Cn1cncn1)c1ccc(F)cc1F. The second-order valence-electron chi connectivity index (χ2n) is 9.83. The Bertz CT molecular complexity index is 1440. The van der Waals surface area contributed by atoms with Gasteiger partial charge in [0, 0.05) is 28.7 Å². The number of hydrogen-bond donors (Lipinski definition) is 2. The van der Waals surface area contributed by atoms with Gasteiger partial charge >= 0.3 is 0 Å². The van der Waals surface area contributed by atoms with Crippen molar-refractivity contribution in [1.82, 2.24) is 14.8 Å². The minimum Gasteiger partial charge on any atom is -0.383 e. The Morgan fingerprint density at radius 1 is 1.13 bits per heavy atom. The lowest BCUT2D eigenvalue weighted by Gasteiger charge is -2.38. The number of fused-ring (bicyclic) bond motifs is 1. The first-order chi connectivity index (χ1) is 18.2. The van der Waals surface area contributed by atoms with Gasteiger partial charge in [-0.3, -0.25) is 4.79 Å². The number of aromatic nitrogens is 3. The molecule has 1 aliphatic rings. The third-order valence-corrected chi connectivity index (χ3v) is 7.16. The highest BCUT2D eigenvalue weighted by atomic mass is 19.1. The van der Waals surface area contributed by atoms with Crippen molar-refractivity contribution in [2.24, 2.45) is 17.6 Å². The number of rotatable bonds is 8. The van der Waals surface area contributed by atoms with Crippen LogP contribution in [0.5, 0.6) is 0 Å². The minimum absolute atomic E-state index is 0.00641. The summed E-state index contributed by atoms with van der Waals surface area (Å²) >= 11 is 0. The fraction of sp³-hybridized carbons (Fsp3) is 0.321. The van der Waals surface area contributed by atoms with E-state index >= 15 is 0 Å². The first kappa shape index (κ1) is 25.9. The molecule has 1 saturated heterocycles. The van der Waals surface area contributed by atoms with Crippen LogP contribution in [0.25, 0.3) is 10.8 Å². The summed E-state index contributed by atoms with van der Waals surface area (Å²) in [7, 11) is 0. The molecule has 10 heteroatoms. The van der Waals surface area contributed by atoms with E-state index in [1.807, 2.05) is 31.2 Å². The normalized spacial score (nSPS) is 20.2. The molecule has 0 bridgehead atoms. The van der Waals surface area contributed by atoms with E-state index in [1.165, 1.54) is 23.4 Å². The molecule has 0 saturated carbocycles. The number of carbonyl (C=O) groups is 1. The molecule has 0 radical (unpaired) electrons. The van der Waals surface area contributed by atoms with Crippen LogP contribution in [-0.4, -0.2) is 39.0 Å². The molecule has 4 aromatic rings. The zero-order valence-electron chi connectivity index (χ0n) is 20.8. The predicted molar refractivity (Wildman–Crippen MR) is 135 cm³/mol. The van der Waals surface area contributed by atoms with E-state index in [9.17, 15) is 18.7 Å². The summed E-state index contributed by atoms with van der Waals surface area (Å²) in [5, 5.41) is 17.6. The number of amides is 1. The molecular formula is C28H28F2N4O4. The van der Waals surface area contributed by atoms with Crippen LogP contribution in [0.2, 0.25) is 0 Å². The van der Waals surface area contributed by atoms with E-state index in [0.717, 1.165) is 28.5 Å². The minimum atomic E-state index is -1.68. The number of carbonyl (C=O) groups excluding carboxylic acids is 1. The second kappa shape index (κ2) is 10.6. The van der Waals surface area contributed by atoms with E-state index in [1.54, 1.807) is 12.1 Å². The van der Waals surface area contributed by atoms with Gasteiger partial charge in [0.1, 0.15) is 29.9 Å². The number of hydrogen-bond acceptors (Lipinski definition) is 6. The summed E-state index contributed by atoms with van der Waals surface area (Å²) in [6, 6.07) is 14.1. The number of primary amides is 1. The fourth-order valence-corrected chi connectivity index (χ4v) is 5.04. The molecule has 198 valence electrons. The van der Waals surface area contributed by atoms with Crippen molar-refractivity contribution in [2.75, 3.05) is 13.2 Å². The Kier molecular flexibility index (Phi) is 7.20. The van der Waals surface area contributed by atoms with Crippen molar-refractivity contribution < 1.29 is 28.2 Å². The van der Waals surface area contributed by atoms with Gasteiger partial charge in [-0.1, -0.05) is 31.2 Å². The highest BCUT2D eigenvalue weighted by Gasteiger charge is 2.40. The number of nitrogens with two attached hydrogens (primary N) is 1. The van der Waals surface area contributed by atoms with Crippen molar-refractivity contribution >= 4 is 16.7 Å². The lowest BCUT2D eigenvalue weighted by atomic mass is 9.77. The molecule has 1 aromatic heterocycles. The molecular weight excluding hydrogens is 494 g/mol. The molecule has 0 aliphatic carbocycles. The summed E-state index contributed by atoms with van der Waals surface area (Å²) in [6.45, 7) is 2.51. The molecule has 1 fully saturated rings. The molecule has 8 nitrogen and oxygen atoms in total. The van der Waals surface area contributed by atoms with Gasteiger partial charge in [0.2, 0.25) is 5.91 Å². The standard InChI is InChI=1S/C28H28F2N4O4/c1-17(28(36,14-34-16-32-15-33-34)24-7-6-23(29)11-25(24)30)8-18-12-37-27(38-13-18)22-5-3-19-9-21(26(31)35)4-2-20(19)10-22/h2-7,9-11,15-18,27,36H,8,12-14H2,1H3,(H2,31,35)/t17-,18?,27?,28+/m0/s1. The zero-order valence-corrected chi connectivity index (χ0v) is 20.8. The quantitative estimate of drug-likeness (QED) is 0.361. The molecule has 1 aliphatic heterocycles. The largest absolute Gasteiger partial charge is 0.383 e. The molecule has 0 spiro atoms. The summed E-state index contributed by atoms with van der Waals surface area (Å²) < 4.78 is 41.9. The maximum atomic E-state index is 14.8. The van der Waals surface area contributed by atoms with Crippen LogP contribution < -0.4 is 5.73 Å². The zero-order chi connectivity index (χ0) is 26.9. The molecule has 3 N–H and O–H groups in total. The molecule has 1 amide bonds. The third kappa shape index (κ3) is 5.28. The van der Waals surface area contributed by atoms with Crippen LogP contribution in [0.15, 0.2) is 67.3 Å². The highest BCUT2D eigenvalue weighted by molar-refractivity contribution is 5.97. The molecule has 2 heterocycles. The maximum absolute atomic E-state index is 14.8. The van der Waals surface area contributed by atoms with Gasteiger partial charge in [-0.25, -0.2) is 18.4 Å². The van der Waals surface area contributed by atoms with Gasteiger partial charge in [0.05, 0.1) is 19.8 Å². The predicted octanol–water partition coefficient (Wildman–Crippen LogP) is 4.08. The third-order valence-electron chi connectivity index (χ3n) is 7.16. The molecule has 38 heavy (non-hydrogen) atoms. The Labute approximate surface area is 218 Å². The Balaban J connectivity index is 1.28. The first-order valence-corrected chi connectivity index (χ1v) is 12.3. The average Bonchev–Trinajstić information content (AvgIpc) is 3.41. The lowest BCUT2D eigenvalue weighted by molar-refractivity contribution is -0.210. The second-order valence-corrected chi connectivity index (χ2v) is 9.83. The van der Waals surface area contributed by atoms with Crippen LogP contribution in [0.3, 0.4) is 0 Å². The monoisotopic (exact) mass is 522 g/mol. The highest BCUT2D eigenvalue weighted by Crippen LogP contribution is 2.38. The summed E-state index contributed by atoms with van der Waals surface area (Å²) in [4.78, 5) is 15.3. The fourth-order valence-electron chi connectivity index (χ4n) is 5.04. The first-order valence-electron chi connectivity index (χ1n) is 12.3. The van der Waals surface area contributed by atoms with Gasteiger partial charge in [0.15, 0.2) is 6.29 Å². The van der Waals surface area contributed by atoms with Gasteiger partial charge in [-0.05, 0) is 47.4 Å². The van der Waals surface area contributed by atoms with Crippen LogP contribution in [0.4, 0.5) is 8.78 Å². The van der Waals surface area contributed by atoms with Crippen LogP contribution in [0, 0.1) is 23.5 Å². The van der Waals surface area contributed by atoms with E-state index in [0.29, 0.717) is 25.2 Å². The molecule has 5 rings (SSSR count). The molecule has 0 unspecified atom stereocenters. The van der Waals surface area contributed by atoms with Crippen LogP contribution in [0.1, 0.15) is 41.1 Å². The smallest absolute Gasteiger partial charge is 0.248 e. The maximum Gasteiger partial charge on any atom is 0.248 e. The molecule has 3 aromatic carbocycles. The van der Waals surface area contributed by atoms with Crippen LogP contribution >= 0.6 is 0 Å². The number of benzene rings is 3. The van der Waals surface area contributed by atoms with E-state index in [2.05, 4.69) is 10.1 Å². The summed E-state index contributed by atoms with van der Waals surface area (Å²) in [5.41, 5.74) is 4.97. The van der Waals surface area contributed by atoms with Crippen LogP contribution in [-0.2, 0) is 21.6 Å². The Morgan fingerprint density at radius 3 is 2.55 bits per heavy atom. The number of nitrogens with zero attached hydrogens (tertiary/aromatic N) is 3. The molecule has 2 atom stereocenters. The summed E-state index contributed by atoms with van der Waals surface area (Å²) in [5.74, 6) is -2.55. The van der Waals surface area contributed by atoms with Gasteiger partial charge in [-0.15, -0.1) is 0 Å². The number of halogens is 2. The summed E-state index contributed by atoms with van der Waals surface area (Å²) in [6.07, 6.45) is 2.67. The van der Waals surface area contributed by atoms with Crippen molar-refractivity contribution in [3.63, 3.8) is 0 Å². The average molecular weight is 523 g/mol. The van der Waals surface area contributed by atoms with Crippen molar-refractivity contribution in [2.45, 2.75) is 31.8 Å². The lowest BCUT2D eigenvalue weighted by Crippen LogP contribution is -2.41. The number of ether oxygens (including phenoxy) is 2. The number of aliphatic hydroxyl groups is 1. The van der Waals surface area contributed by atoms with Gasteiger partial charge < -0.3 is 20.3 Å². The Hall–Kier alpha value is -3.73. The van der Waals surface area contributed by atoms with E-state index < -0.39 is 35.4 Å². The van der Waals surface area contributed by atoms with Gasteiger partial charge in [0.25, 0.3) is 0 Å². The van der Waals surface area contributed by atoms with Crippen molar-refractivity contribution in [3.8, 4) is 0 Å². The van der Waals surface area contributed by atoms with E-state index in [4.69, 9.17) is 15.2 Å². The van der Waals surface area contributed by atoms with E-state index in [-0.39, 0.29) is 18.0 Å².